The Morgan fingerprint density at radius 3 is 2.92 bits per heavy atom. The summed E-state index contributed by atoms with van der Waals surface area (Å²) in [6.07, 6.45) is 1.37. The smallest absolute Gasteiger partial charge is 0.359 e. The molecule has 0 radical (unpaired) electrons. The Labute approximate surface area is 69.2 Å². The molecule has 0 aromatic carbocycles. The molecule has 1 aromatic rings. The van der Waals surface area contributed by atoms with E-state index in [0.717, 1.165) is 0 Å². The van der Waals surface area contributed by atoms with E-state index < -0.39 is 11.8 Å². The molecule has 0 aliphatic rings. The molecule has 1 aromatic heterocycles. The topological polar surface area (TPSA) is 39.2 Å². The highest BCUT2D eigenvalue weighted by Gasteiger charge is 2.14. The lowest BCUT2D eigenvalue weighted by molar-refractivity contribution is 0.0588. The van der Waals surface area contributed by atoms with E-state index in [4.69, 9.17) is 0 Å². The molecule has 0 N–H and O–H groups in total. The minimum absolute atomic E-state index is 0.266. The molecule has 0 atom stereocenters. The number of hydrogen-bond acceptors (Lipinski definition) is 3. The van der Waals surface area contributed by atoms with Gasteiger partial charge < -0.3 is 4.74 Å². The van der Waals surface area contributed by atoms with Gasteiger partial charge in [-0.3, -0.25) is 0 Å². The van der Waals surface area contributed by atoms with Crippen molar-refractivity contribution in [1.82, 2.24) is 4.98 Å². The van der Waals surface area contributed by atoms with Crippen LogP contribution in [-0.2, 0) is 4.74 Å². The van der Waals surface area contributed by atoms with Crippen molar-refractivity contribution >= 4 is 5.97 Å². The van der Waals surface area contributed by atoms with Gasteiger partial charge >= 0.3 is 5.97 Å². The molecular weight excluding hydrogens is 161 g/mol. The number of carbonyl (C=O) groups excluding carboxylic acids is 1. The van der Waals surface area contributed by atoms with E-state index in [2.05, 4.69) is 9.72 Å². The van der Waals surface area contributed by atoms with Crippen LogP contribution in [0, 0.1) is 12.7 Å². The summed E-state index contributed by atoms with van der Waals surface area (Å²) in [7, 11) is 1.19. The van der Waals surface area contributed by atoms with Crippen molar-refractivity contribution in [2.24, 2.45) is 0 Å². The second-order valence-electron chi connectivity index (χ2n) is 2.28. The summed E-state index contributed by atoms with van der Waals surface area (Å²) in [5.41, 5.74) is 0.114. The first kappa shape index (κ1) is 8.64. The highest BCUT2D eigenvalue weighted by Crippen LogP contribution is 2.09. The zero-order chi connectivity index (χ0) is 9.14. The third kappa shape index (κ3) is 1.42. The van der Waals surface area contributed by atoms with Crippen LogP contribution >= 0.6 is 0 Å². The first-order valence-corrected chi connectivity index (χ1v) is 3.36. The average Bonchev–Trinajstić information content (AvgIpc) is 2.08. The monoisotopic (exact) mass is 169 g/mol. The molecule has 1 heterocycles. The lowest BCUT2D eigenvalue weighted by atomic mass is 10.2. The Kier molecular flexibility index (Phi) is 2.38. The number of ether oxygens (including phenoxy) is 1. The first-order chi connectivity index (χ1) is 5.66. The quantitative estimate of drug-likeness (QED) is 0.595. The largest absolute Gasteiger partial charge is 0.464 e. The molecule has 0 saturated heterocycles. The van der Waals surface area contributed by atoms with Gasteiger partial charge in [0, 0.05) is 6.20 Å². The van der Waals surface area contributed by atoms with Gasteiger partial charge in [-0.05, 0) is 18.6 Å². The minimum Gasteiger partial charge on any atom is -0.464 e. The van der Waals surface area contributed by atoms with Crippen molar-refractivity contribution in [2.45, 2.75) is 6.92 Å². The standard InChI is InChI=1S/C8H8FNO2/c1-5-3-4-10-7(6(5)9)8(11)12-2/h3-4H,1-2H3. The van der Waals surface area contributed by atoms with Gasteiger partial charge in [-0.15, -0.1) is 0 Å². The predicted molar refractivity (Wildman–Crippen MR) is 40.3 cm³/mol. The number of esters is 1. The Bertz CT molecular complexity index is 312. The normalized spacial score (nSPS) is 9.58. The van der Waals surface area contributed by atoms with Gasteiger partial charge in [0.05, 0.1) is 7.11 Å². The molecule has 0 fully saturated rings. The van der Waals surface area contributed by atoms with E-state index in [1.165, 1.54) is 19.4 Å². The number of pyridine rings is 1. The van der Waals surface area contributed by atoms with E-state index in [1.807, 2.05) is 0 Å². The van der Waals surface area contributed by atoms with E-state index in [-0.39, 0.29) is 5.69 Å². The number of aromatic nitrogens is 1. The van der Waals surface area contributed by atoms with Gasteiger partial charge in [0.1, 0.15) is 0 Å². The third-order valence-electron chi connectivity index (χ3n) is 1.46. The van der Waals surface area contributed by atoms with Crippen LogP contribution in [0.25, 0.3) is 0 Å². The molecule has 3 nitrogen and oxygen atoms in total. The summed E-state index contributed by atoms with van der Waals surface area (Å²) >= 11 is 0. The fourth-order valence-corrected chi connectivity index (χ4v) is 0.779. The highest BCUT2D eigenvalue weighted by molar-refractivity contribution is 5.87. The molecule has 0 saturated carbocycles. The molecule has 0 amide bonds. The molecule has 0 aliphatic heterocycles. The average molecular weight is 169 g/mol. The van der Waals surface area contributed by atoms with Gasteiger partial charge in [0.25, 0.3) is 0 Å². The SMILES string of the molecule is COC(=O)c1nccc(C)c1F. The minimum atomic E-state index is -0.754. The molecule has 64 valence electrons. The van der Waals surface area contributed by atoms with Gasteiger partial charge in [-0.1, -0.05) is 0 Å². The van der Waals surface area contributed by atoms with Crippen LogP contribution in [0.2, 0.25) is 0 Å². The van der Waals surface area contributed by atoms with E-state index in [0.29, 0.717) is 5.56 Å². The number of nitrogens with zero attached hydrogens (tertiary/aromatic N) is 1. The lowest BCUT2D eigenvalue weighted by Gasteiger charge is -2.00. The molecule has 0 spiro atoms. The summed E-state index contributed by atoms with van der Waals surface area (Å²) < 4.78 is 17.4. The summed E-state index contributed by atoms with van der Waals surface area (Å²) in [6, 6.07) is 1.49. The molecule has 0 unspecified atom stereocenters. The van der Waals surface area contributed by atoms with Crippen LogP contribution in [0.4, 0.5) is 4.39 Å². The molecular formula is C8H8FNO2. The summed E-state index contributed by atoms with van der Waals surface area (Å²) in [4.78, 5) is 14.4. The van der Waals surface area contributed by atoms with Crippen molar-refractivity contribution in [1.29, 1.82) is 0 Å². The summed E-state index contributed by atoms with van der Waals surface area (Å²) in [6.45, 7) is 1.56. The van der Waals surface area contributed by atoms with E-state index >= 15 is 0 Å². The van der Waals surface area contributed by atoms with Gasteiger partial charge in [-0.25, -0.2) is 14.2 Å². The van der Waals surface area contributed by atoms with Gasteiger partial charge in [0.15, 0.2) is 11.5 Å². The summed E-state index contributed by atoms with van der Waals surface area (Å²) in [5.74, 6) is -1.37. The molecule has 12 heavy (non-hydrogen) atoms. The Morgan fingerprint density at radius 2 is 2.33 bits per heavy atom. The van der Waals surface area contributed by atoms with Crippen molar-refractivity contribution in [2.75, 3.05) is 7.11 Å². The fourth-order valence-electron chi connectivity index (χ4n) is 0.779. The first-order valence-electron chi connectivity index (χ1n) is 3.36. The van der Waals surface area contributed by atoms with Crippen LogP contribution in [0.5, 0.6) is 0 Å². The zero-order valence-electron chi connectivity index (χ0n) is 6.80. The maximum atomic E-state index is 13.1. The Balaban J connectivity index is 3.16. The van der Waals surface area contributed by atoms with Crippen LogP contribution in [0.15, 0.2) is 12.3 Å². The number of aryl methyl sites for hydroxylation is 1. The van der Waals surface area contributed by atoms with Gasteiger partial charge in [0.2, 0.25) is 0 Å². The number of carbonyl (C=O) groups is 1. The second kappa shape index (κ2) is 3.30. The third-order valence-corrected chi connectivity index (χ3v) is 1.46. The van der Waals surface area contributed by atoms with Crippen LogP contribution in [0.3, 0.4) is 0 Å². The maximum Gasteiger partial charge on any atom is 0.359 e. The van der Waals surface area contributed by atoms with Crippen molar-refractivity contribution < 1.29 is 13.9 Å². The zero-order valence-corrected chi connectivity index (χ0v) is 6.80. The molecule has 1 rings (SSSR count). The van der Waals surface area contributed by atoms with E-state index in [1.54, 1.807) is 6.92 Å². The number of halogens is 1. The highest BCUT2D eigenvalue weighted by atomic mass is 19.1. The maximum absolute atomic E-state index is 13.1. The van der Waals surface area contributed by atoms with Crippen molar-refractivity contribution in [3.8, 4) is 0 Å². The van der Waals surface area contributed by atoms with Crippen LogP contribution < -0.4 is 0 Å². The van der Waals surface area contributed by atoms with Crippen molar-refractivity contribution in [3.63, 3.8) is 0 Å². The summed E-state index contributed by atoms with van der Waals surface area (Å²) in [5, 5.41) is 0. The number of hydrogen-bond donors (Lipinski definition) is 0. The van der Waals surface area contributed by atoms with Crippen LogP contribution in [0.1, 0.15) is 16.1 Å². The molecule has 4 heteroatoms. The fraction of sp³-hybridized carbons (Fsp3) is 0.250. The molecule has 0 bridgehead atoms. The van der Waals surface area contributed by atoms with Crippen molar-refractivity contribution in [3.05, 3.63) is 29.3 Å². The van der Waals surface area contributed by atoms with Gasteiger partial charge in [-0.2, -0.15) is 0 Å². The number of methoxy groups -OCH3 is 1. The van der Waals surface area contributed by atoms with Crippen LogP contribution in [-0.4, -0.2) is 18.1 Å². The Morgan fingerprint density at radius 1 is 1.67 bits per heavy atom. The van der Waals surface area contributed by atoms with E-state index in [9.17, 15) is 9.18 Å². The molecule has 0 aliphatic carbocycles. The number of rotatable bonds is 1. The second-order valence-corrected chi connectivity index (χ2v) is 2.28. The Hall–Kier alpha value is -1.45. The lowest BCUT2D eigenvalue weighted by Crippen LogP contribution is -2.08. The predicted octanol–water partition coefficient (Wildman–Crippen LogP) is 1.32.